The fraction of sp³-hybridized carbons (Fsp3) is 0.682. The summed E-state index contributed by atoms with van der Waals surface area (Å²) in [5.74, 6) is 1.05. The Bertz CT molecular complexity index is 788. The second-order valence-corrected chi connectivity index (χ2v) is 10.4. The summed E-state index contributed by atoms with van der Waals surface area (Å²) >= 11 is 0. The molecule has 1 atom stereocenters. The summed E-state index contributed by atoms with van der Waals surface area (Å²) in [6.45, 7) is 5.88. The maximum absolute atomic E-state index is 13.1. The molecule has 0 aromatic carbocycles. The lowest BCUT2D eigenvalue weighted by atomic mass is 9.89. The fourth-order valence-corrected chi connectivity index (χ4v) is 4.58. The maximum Gasteiger partial charge on any atom is 0.395 e. The highest BCUT2D eigenvalue weighted by molar-refractivity contribution is 7.81. The van der Waals surface area contributed by atoms with Crippen LogP contribution in [-0.2, 0) is 11.0 Å². The predicted octanol–water partition coefficient (Wildman–Crippen LogP) is 4.14. The molecular weight excluding hydrogens is 427 g/mol. The lowest BCUT2D eigenvalue weighted by Crippen LogP contribution is -2.46. The van der Waals surface area contributed by atoms with Crippen molar-refractivity contribution < 1.29 is 22.1 Å². The second kappa shape index (κ2) is 10.0. The smallest absolute Gasteiger partial charge is 0.395 e. The van der Waals surface area contributed by atoms with Crippen molar-refractivity contribution in [2.24, 2.45) is 11.3 Å². The molecule has 0 N–H and O–H groups in total. The van der Waals surface area contributed by atoms with Crippen molar-refractivity contribution in [1.29, 1.82) is 0 Å². The first-order chi connectivity index (χ1) is 14.5. The molecule has 0 amide bonds. The summed E-state index contributed by atoms with van der Waals surface area (Å²) in [5, 5.41) is 0. The van der Waals surface area contributed by atoms with Gasteiger partial charge in [-0.15, -0.1) is 0 Å². The maximum atomic E-state index is 13.1. The number of rotatable bonds is 7. The van der Waals surface area contributed by atoms with Crippen LogP contribution in [0.1, 0.15) is 38.8 Å². The van der Waals surface area contributed by atoms with E-state index in [1.54, 1.807) is 12.5 Å². The van der Waals surface area contributed by atoms with Crippen molar-refractivity contribution in [2.75, 3.05) is 45.6 Å². The van der Waals surface area contributed by atoms with Gasteiger partial charge in [0.25, 0.3) is 0 Å². The Morgan fingerprint density at radius 2 is 1.90 bits per heavy atom. The molecule has 31 heavy (non-hydrogen) atoms. The van der Waals surface area contributed by atoms with Crippen LogP contribution >= 0.6 is 0 Å². The van der Waals surface area contributed by atoms with Gasteiger partial charge in [-0.1, -0.05) is 6.08 Å². The number of likely N-dealkylation sites (tertiary alicyclic amines) is 1. The Morgan fingerprint density at radius 3 is 2.42 bits per heavy atom. The van der Waals surface area contributed by atoms with E-state index in [0.29, 0.717) is 37.9 Å². The first-order valence-electron chi connectivity index (χ1n) is 10.7. The van der Waals surface area contributed by atoms with Crippen molar-refractivity contribution in [1.82, 2.24) is 14.2 Å². The van der Waals surface area contributed by atoms with E-state index in [4.69, 9.17) is 4.74 Å². The summed E-state index contributed by atoms with van der Waals surface area (Å²) in [5.41, 5.74) is 0.376. The van der Waals surface area contributed by atoms with Gasteiger partial charge in [0.2, 0.25) is 0 Å². The summed E-state index contributed by atoms with van der Waals surface area (Å²) in [4.78, 5) is 6.42. The highest BCUT2D eigenvalue weighted by atomic mass is 32.2. The number of piperidine rings is 1. The predicted molar refractivity (Wildman–Crippen MR) is 117 cm³/mol. The van der Waals surface area contributed by atoms with Crippen LogP contribution in [0, 0.1) is 11.3 Å². The molecule has 9 heteroatoms. The van der Waals surface area contributed by atoms with Crippen LogP contribution in [0.25, 0.3) is 5.57 Å². The van der Waals surface area contributed by atoms with Crippen molar-refractivity contribution >= 4 is 16.6 Å². The molecule has 1 aromatic heterocycles. The molecule has 0 saturated carbocycles. The number of nitrogens with zero attached hydrogens (tertiary/aromatic N) is 3. The SMILES string of the molecule is CS(=O)N1CC=C(c2ccc(OCC3CCN(CC(C)(C)C(F)(F)F)CC3)cn2)CC1. The Morgan fingerprint density at radius 1 is 1.19 bits per heavy atom. The highest BCUT2D eigenvalue weighted by Gasteiger charge is 2.48. The van der Waals surface area contributed by atoms with E-state index < -0.39 is 22.6 Å². The number of halogens is 3. The average Bonchev–Trinajstić information content (AvgIpc) is 2.73. The van der Waals surface area contributed by atoms with Gasteiger partial charge in [-0.05, 0) is 69.8 Å². The molecule has 0 aliphatic carbocycles. The molecule has 174 valence electrons. The van der Waals surface area contributed by atoms with E-state index in [9.17, 15) is 17.4 Å². The number of aromatic nitrogens is 1. The Labute approximate surface area is 185 Å². The molecule has 3 heterocycles. The summed E-state index contributed by atoms with van der Waals surface area (Å²) in [7, 11) is -0.949. The van der Waals surface area contributed by atoms with Crippen molar-refractivity contribution in [3.8, 4) is 5.75 Å². The second-order valence-electron chi connectivity index (χ2n) is 9.08. The average molecular weight is 460 g/mol. The number of pyridine rings is 1. The van der Waals surface area contributed by atoms with Crippen molar-refractivity contribution in [3.63, 3.8) is 0 Å². The van der Waals surface area contributed by atoms with Gasteiger partial charge in [-0.25, -0.2) is 8.51 Å². The summed E-state index contributed by atoms with van der Waals surface area (Å²) < 4.78 is 58.6. The van der Waals surface area contributed by atoms with Crippen molar-refractivity contribution in [3.05, 3.63) is 30.1 Å². The molecule has 2 aliphatic heterocycles. The number of ether oxygens (including phenoxy) is 1. The Kier molecular flexibility index (Phi) is 7.81. The van der Waals surface area contributed by atoms with Gasteiger partial charge < -0.3 is 9.64 Å². The number of hydrogen-bond acceptors (Lipinski definition) is 4. The van der Waals surface area contributed by atoms with Crippen LogP contribution in [0.15, 0.2) is 24.4 Å². The minimum absolute atomic E-state index is 0.0389. The van der Waals surface area contributed by atoms with Crippen LogP contribution in [0.2, 0.25) is 0 Å². The van der Waals surface area contributed by atoms with E-state index in [0.717, 1.165) is 37.1 Å². The van der Waals surface area contributed by atoms with Crippen LogP contribution in [0.4, 0.5) is 13.2 Å². The van der Waals surface area contributed by atoms with Gasteiger partial charge in [0.05, 0.1) is 34.9 Å². The van der Waals surface area contributed by atoms with Crippen LogP contribution < -0.4 is 4.74 Å². The van der Waals surface area contributed by atoms with E-state index in [1.807, 2.05) is 21.3 Å². The summed E-state index contributed by atoms with van der Waals surface area (Å²) in [6, 6.07) is 3.86. The first-order valence-corrected chi connectivity index (χ1v) is 12.2. The fourth-order valence-electron chi connectivity index (χ4n) is 3.95. The molecule has 2 aliphatic rings. The number of alkyl halides is 3. The summed E-state index contributed by atoms with van der Waals surface area (Å²) in [6.07, 6.45) is 3.78. The Hall–Kier alpha value is -1.45. The zero-order valence-corrected chi connectivity index (χ0v) is 19.3. The highest BCUT2D eigenvalue weighted by Crippen LogP contribution is 2.38. The topological polar surface area (TPSA) is 45.7 Å². The van der Waals surface area contributed by atoms with Gasteiger partial charge in [-0.3, -0.25) is 4.98 Å². The first kappa shape index (κ1) is 24.2. The minimum Gasteiger partial charge on any atom is -0.492 e. The number of hydrogen-bond donors (Lipinski definition) is 0. The lowest BCUT2D eigenvalue weighted by molar-refractivity contribution is -0.217. The van der Waals surface area contributed by atoms with E-state index in [1.165, 1.54) is 13.8 Å². The molecule has 1 fully saturated rings. The third kappa shape index (κ3) is 6.52. The quantitative estimate of drug-likeness (QED) is 0.615. The monoisotopic (exact) mass is 459 g/mol. The molecule has 0 spiro atoms. The molecule has 1 saturated heterocycles. The van der Waals surface area contributed by atoms with Gasteiger partial charge in [0.15, 0.2) is 0 Å². The standard InChI is InChI=1S/C22H32F3N3O2S/c1-21(2,22(23,24)25)16-27-10-6-17(7-11-27)15-30-19-4-5-20(26-14-19)18-8-12-28(13-9-18)31(3)29/h4-5,8,14,17H,6-7,9-13,15-16H2,1-3H3. The van der Waals surface area contributed by atoms with E-state index >= 15 is 0 Å². The zero-order valence-electron chi connectivity index (χ0n) is 18.5. The third-order valence-electron chi connectivity index (χ3n) is 6.18. The largest absolute Gasteiger partial charge is 0.492 e. The normalized spacial score (nSPS) is 21.0. The van der Waals surface area contributed by atoms with Gasteiger partial charge in [0.1, 0.15) is 5.75 Å². The van der Waals surface area contributed by atoms with Gasteiger partial charge in [-0.2, -0.15) is 13.2 Å². The van der Waals surface area contributed by atoms with Gasteiger partial charge in [0, 0.05) is 25.9 Å². The van der Waals surface area contributed by atoms with Crippen LogP contribution in [0.5, 0.6) is 5.75 Å². The van der Waals surface area contributed by atoms with Gasteiger partial charge >= 0.3 is 6.18 Å². The molecule has 3 rings (SSSR count). The molecule has 1 unspecified atom stereocenters. The zero-order chi connectivity index (χ0) is 22.6. The van der Waals surface area contributed by atoms with Crippen LogP contribution in [0.3, 0.4) is 0 Å². The van der Waals surface area contributed by atoms with Crippen LogP contribution in [-0.4, -0.2) is 70.2 Å². The molecule has 1 aromatic rings. The Balaban J connectivity index is 1.43. The molecular formula is C22H32F3N3O2S. The van der Waals surface area contributed by atoms with E-state index in [-0.39, 0.29) is 6.54 Å². The molecule has 5 nitrogen and oxygen atoms in total. The molecule has 0 radical (unpaired) electrons. The lowest BCUT2D eigenvalue weighted by Gasteiger charge is -2.38. The van der Waals surface area contributed by atoms with E-state index in [2.05, 4.69) is 11.1 Å². The minimum atomic E-state index is -4.19. The van der Waals surface area contributed by atoms with Crippen molar-refractivity contribution in [2.45, 2.75) is 39.3 Å². The molecule has 0 bridgehead atoms. The third-order valence-corrected chi connectivity index (χ3v) is 7.24.